The highest BCUT2D eigenvalue weighted by Gasteiger charge is 2.36. The summed E-state index contributed by atoms with van der Waals surface area (Å²) in [4.78, 5) is 41.4. The van der Waals surface area contributed by atoms with Gasteiger partial charge in [0.1, 0.15) is 23.4 Å². The lowest BCUT2D eigenvalue weighted by atomic mass is 9.95. The third-order valence-electron chi connectivity index (χ3n) is 5.64. The van der Waals surface area contributed by atoms with Crippen LogP contribution in [0.15, 0.2) is 55.1 Å². The van der Waals surface area contributed by atoms with Gasteiger partial charge in [0, 0.05) is 18.0 Å². The van der Waals surface area contributed by atoms with E-state index in [0.717, 1.165) is 11.1 Å². The number of nitrogens with one attached hydrogen (secondary N) is 2. The zero-order chi connectivity index (χ0) is 27.8. The van der Waals surface area contributed by atoms with Gasteiger partial charge in [0.2, 0.25) is 5.91 Å². The van der Waals surface area contributed by atoms with E-state index in [-0.39, 0.29) is 12.3 Å². The molecule has 3 amide bonds. The Hall–Kier alpha value is -3.46. The van der Waals surface area contributed by atoms with Crippen LogP contribution >= 0.6 is 12.6 Å². The molecule has 2 atom stereocenters. The summed E-state index contributed by atoms with van der Waals surface area (Å²) in [5, 5.41) is 5.49. The lowest BCUT2D eigenvalue weighted by molar-refractivity contribution is -0.139. The molecule has 0 saturated heterocycles. The first-order valence-electron chi connectivity index (χ1n) is 11.9. The number of carbonyl (C=O) groups is 3. The Kier molecular flexibility index (Phi) is 10.6. The molecule has 0 aliphatic carbocycles. The first-order chi connectivity index (χ1) is 17.4. The largest absolute Gasteiger partial charge is 0.497 e. The van der Waals surface area contributed by atoms with Crippen LogP contribution in [0.2, 0.25) is 0 Å². The highest BCUT2D eigenvalue weighted by molar-refractivity contribution is 7.80. The van der Waals surface area contributed by atoms with Crippen molar-refractivity contribution in [2.75, 3.05) is 24.7 Å². The number of anilines is 1. The lowest BCUT2D eigenvalue weighted by Gasteiger charge is -2.34. The molecule has 37 heavy (non-hydrogen) atoms. The maximum Gasteiger partial charge on any atom is 0.408 e. The first-order valence-corrected chi connectivity index (χ1v) is 12.6. The van der Waals surface area contributed by atoms with Gasteiger partial charge >= 0.3 is 6.09 Å². The minimum atomic E-state index is -1.03. The zero-order valence-electron chi connectivity index (χ0n) is 22.3. The maximum atomic E-state index is 13.8. The second-order valence-electron chi connectivity index (χ2n) is 9.57. The van der Waals surface area contributed by atoms with Gasteiger partial charge in [0.15, 0.2) is 0 Å². The summed E-state index contributed by atoms with van der Waals surface area (Å²) in [7, 11) is 1.56. The molecular weight excluding hydrogens is 490 g/mol. The summed E-state index contributed by atoms with van der Waals surface area (Å²) < 4.78 is 10.5. The number of ether oxygens (including phenoxy) is 2. The molecule has 8 nitrogen and oxygen atoms in total. The monoisotopic (exact) mass is 527 g/mol. The third-order valence-corrected chi connectivity index (χ3v) is 6.00. The Balaban J connectivity index is 2.49. The van der Waals surface area contributed by atoms with Gasteiger partial charge in [-0.05, 0) is 75.6 Å². The van der Waals surface area contributed by atoms with Crippen molar-refractivity contribution >= 4 is 36.2 Å². The molecule has 0 spiro atoms. The number of carbonyl (C=O) groups excluding carboxylic acids is 3. The van der Waals surface area contributed by atoms with E-state index >= 15 is 0 Å². The molecule has 0 bridgehead atoms. The quantitative estimate of drug-likeness (QED) is 0.304. The highest BCUT2D eigenvalue weighted by Crippen LogP contribution is 2.29. The van der Waals surface area contributed by atoms with E-state index in [4.69, 9.17) is 9.47 Å². The van der Waals surface area contributed by atoms with Crippen molar-refractivity contribution in [3.05, 3.63) is 71.8 Å². The van der Waals surface area contributed by atoms with Crippen molar-refractivity contribution in [3.8, 4) is 5.75 Å². The molecule has 0 aliphatic rings. The van der Waals surface area contributed by atoms with Gasteiger partial charge in [-0.25, -0.2) is 4.79 Å². The summed E-state index contributed by atoms with van der Waals surface area (Å²) >= 11 is 4.29. The van der Waals surface area contributed by atoms with Crippen molar-refractivity contribution < 1.29 is 23.9 Å². The predicted molar refractivity (Wildman–Crippen MR) is 149 cm³/mol. The summed E-state index contributed by atoms with van der Waals surface area (Å²) in [6, 6.07) is 10.5. The maximum absolute atomic E-state index is 13.8. The van der Waals surface area contributed by atoms with Crippen molar-refractivity contribution in [1.29, 1.82) is 0 Å². The lowest BCUT2D eigenvalue weighted by Crippen LogP contribution is -2.53. The molecule has 2 rings (SSSR count). The number of rotatable bonds is 10. The fraction of sp³-hybridized carbons (Fsp3) is 0.393. The van der Waals surface area contributed by atoms with E-state index in [0.29, 0.717) is 17.0 Å². The van der Waals surface area contributed by atoms with E-state index in [1.165, 1.54) is 4.90 Å². The van der Waals surface area contributed by atoms with E-state index in [1.54, 1.807) is 58.2 Å². The van der Waals surface area contributed by atoms with Crippen LogP contribution in [0.1, 0.15) is 43.5 Å². The molecule has 2 aromatic rings. The van der Waals surface area contributed by atoms with Crippen LogP contribution in [0.4, 0.5) is 10.5 Å². The molecular formula is C28H37N3O5S. The molecule has 0 fully saturated rings. The van der Waals surface area contributed by atoms with Gasteiger partial charge in [-0.3, -0.25) is 9.59 Å². The second-order valence-corrected chi connectivity index (χ2v) is 9.94. The number of amides is 3. The van der Waals surface area contributed by atoms with Crippen LogP contribution in [0.3, 0.4) is 0 Å². The van der Waals surface area contributed by atoms with E-state index in [2.05, 4.69) is 29.8 Å². The average Bonchev–Trinajstić information content (AvgIpc) is 2.83. The number of thiol groups is 1. The van der Waals surface area contributed by atoms with E-state index < -0.39 is 35.6 Å². The number of nitrogens with zero attached hydrogens (tertiary/aromatic N) is 1. The summed E-state index contributed by atoms with van der Waals surface area (Å²) in [5.41, 5.74) is 2.32. The van der Waals surface area contributed by atoms with Crippen molar-refractivity contribution in [3.63, 3.8) is 0 Å². The molecule has 0 heterocycles. The van der Waals surface area contributed by atoms with Crippen LogP contribution in [-0.2, 0) is 14.3 Å². The molecule has 0 aliphatic heterocycles. The zero-order valence-corrected chi connectivity index (χ0v) is 23.2. The molecule has 2 N–H and O–H groups in total. The second kappa shape index (κ2) is 13.2. The van der Waals surface area contributed by atoms with Crippen LogP contribution in [-0.4, -0.2) is 53.9 Å². The van der Waals surface area contributed by atoms with E-state index in [1.807, 2.05) is 32.0 Å². The minimum Gasteiger partial charge on any atom is -0.497 e. The Bertz CT molecular complexity index is 1110. The summed E-state index contributed by atoms with van der Waals surface area (Å²) in [6.07, 6.45) is 0.796. The fourth-order valence-corrected chi connectivity index (χ4v) is 3.95. The molecule has 0 aromatic heterocycles. The van der Waals surface area contributed by atoms with E-state index in [9.17, 15) is 14.4 Å². The predicted octanol–water partition coefficient (Wildman–Crippen LogP) is 4.83. The van der Waals surface area contributed by atoms with Gasteiger partial charge in [0.25, 0.3) is 5.91 Å². The Morgan fingerprint density at radius 1 is 1.11 bits per heavy atom. The topological polar surface area (TPSA) is 97.0 Å². The molecule has 200 valence electrons. The van der Waals surface area contributed by atoms with Crippen LogP contribution in [0, 0.1) is 13.8 Å². The van der Waals surface area contributed by atoms with Crippen molar-refractivity contribution in [2.45, 2.75) is 52.3 Å². The third kappa shape index (κ3) is 8.28. The SMILES string of the molecule is C=CCN(C(=O)C(CS)NC(=O)OC(C)(C)C)C(C(=O)Nc1ccc(OC)cc1)c1cccc(C)c1C. The Morgan fingerprint density at radius 2 is 1.76 bits per heavy atom. The van der Waals surface area contributed by atoms with Crippen molar-refractivity contribution in [2.24, 2.45) is 0 Å². The van der Waals surface area contributed by atoms with Gasteiger partial charge in [-0.2, -0.15) is 12.6 Å². The van der Waals surface area contributed by atoms with Crippen LogP contribution < -0.4 is 15.4 Å². The average molecular weight is 528 g/mol. The molecule has 0 saturated carbocycles. The molecule has 2 unspecified atom stereocenters. The first kappa shape index (κ1) is 29.8. The number of hydrogen-bond acceptors (Lipinski definition) is 6. The summed E-state index contributed by atoms with van der Waals surface area (Å²) in [5.74, 6) is -0.246. The molecule has 0 radical (unpaired) electrons. The van der Waals surface area contributed by atoms with Crippen LogP contribution in [0.25, 0.3) is 0 Å². The Labute approximate surface area is 224 Å². The standard InChI is InChI=1S/C28H37N3O5S/c1-8-16-31(26(33)23(17-37)30-27(34)36-28(4,5)6)24(22-11-9-10-18(2)19(22)3)25(32)29-20-12-14-21(35-7)15-13-20/h8-15,23-24,37H,1,16-17H2,2-7H3,(H,29,32)(H,30,34). The molecule has 2 aromatic carbocycles. The van der Waals surface area contributed by atoms with Crippen molar-refractivity contribution in [1.82, 2.24) is 10.2 Å². The van der Waals surface area contributed by atoms with Gasteiger partial charge < -0.3 is 25.0 Å². The number of hydrogen-bond donors (Lipinski definition) is 3. The number of benzene rings is 2. The summed E-state index contributed by atoms with van der Waals surface area (Å²) in [6.45, 7) is 12.9. The Morgan fingerprint density at radius 3 is 2.30 bits per heavy atom. The number of aryl methyl sites for hydroxylation is 1. The smallest absolute Gasteiger partial charge is 0.408 e. The van der Waals surface area contributed by atoms with Gasteiger partial charge in [-0.15, -0.1) is 6.58 Å². The van der Waals surface area contributed by atoms with Crippen LogP contribution in [0.5, 0.6) is 5.75 Å². The number of methoxy groups -OCH3 is 1. The minimum absolute atomic E-state index is 0.00530. The normalized spacial score (nSPS) is 12.6. The highest BCUT2D eigenvalue weighted by atomic mass is 32.1. The van der Waals surface area contributed by atoms with Gasteiger partial charge in [-0.1, -0.05) is 24.3 Å². The molecule has 9 heteroatoms. The number of alkyl carbamates (subject to hydrolysis) is 1. The fourth-order valence-electron chi connectivity index (χ4n) is 3.70. The van der Waals surface area contributed by atoms with Gasteiger partial charge in [0.05, 0.1) is 7.11 Å².